The number of nitrogens with zero attached hydrogens (tertiary/aromatic N) is 2. The summed E-state index contributed by atoms with van der Waals surface area (Å²) >= 11 is 1.77. The standard InChI is InChI=1S/C13H23N3S/c1-3-12(13-14-7-10-17-13)15-11-5-4-8-16(2)9-6-11/h7,10-12,15H,3-6,8-9H2,1-2H3. The van der Waals surface area contributed by atoms with Gasteiger partial charge < -0.3 is 10.2 Å². The first-order valence-corrected chi connectivity index (χ1v) is 7.51. The Hall–Kier alpha value is -0.450. The predicted molar refractivity (Wildman–Crippen MR) is 73.4 cm³/mol. The molecule has 1 fully saturated rings. The molecule has 0 saturated carbocycles. The summed E-state index contributed by atoms with van der Waals surface area (Å²) in [7, 11) is 2.22. The van der Waals surface area contributed by atoms with Crippen LogP contribution in [0.3, 0.4) is 0 Å². The number of hydrogen-bond acceptors (Lipinski definition) is 4. The third kappa shape index (κ3) is 3.76. The molecule has 2 atom stereocenters. The van der Waals surface area contributed by atoms with Gasteiger partial charge >= 0.3 is 0 Å². The maximum atomic E-state index is 4.44. The highest BCUT2D eigenvalue weighted by atomic mass is 32.1. The van der Waals surface area contributed by atoms with Crippen LogP contribution in [0, 0.1) is 0 Å². The average Bonchev–Trinajstić information content (AvgIpc) is 2.78. The van der Waals surface area contributed by atoms with Crippen molar-refractivity contribution in [1.82, 2.24) is 15.2 Å². The SMILES string of the molecule is CCC(NC1CCCN(C)CC1)c1nccs1. The molecule has 4 heteroatoms. The summed E-state index contributed by atoms with van der Waals surface area (Å²) in [5, 5.41) is 7.10. The predicted octanol–water partition coefficient (Wildman–Crippen LogP) is 2.67. The van der Waals surface area contributed by atoms with E-state index in [1.807, 2.05) is 6.20 Å². The lowest BCUT2D eigenvalue weighted by molar-refractivity contribution is 0.337. The van der Waals surface area contributed by atoms with E-state index in [1.165, 1.54) is 37.4 Å². The molecule has 2 unspecified atom stereocenters. The maximum absolute atomic E-state index is 4.44. The summed E-state index contributed by atoms with van der Waals surface area (Å²) in [4.78, 5) is 6.87. The van der Waals surface area contributed by atoms with Gasteiger partial charge in [0.2, 0.25) is 0 Å². The van der Waals surface area contributed by atoms with Crippen LogP contribution in [-0.4, -0.2) is 36.1 Å². The minimum absolute atomic E-state index is 0.448. The summed E-state index contributed by atoms with van der Waals surface area (Å²) in [5.74, 6) is 0. The molecule has 96 valence electrons. The molecule has 1 aliphatic heterocycles. The molecular weight excluding hydrogens is 230 g/mol. The van der Waals surface area contributed by atoms with E-state index >= 15 is 0 Å². The van der Waals surface area contributed by atoms with Gasteiger partial charge in [-0.15, -0.1) is 11.3 Å². The summed E-state index contributed by atoms with van der Waals surface area (Å²) in [6.07, 6.45) is 6.90. The highest BCUT2D eigenvalue weighted by Crippen LogP contribution is 2.21. The Morgan fingerprint density at radius 1 is 1.53 bits per heavy atom. The minimum Gasteiger partial charge on any atom is -0.306 e. The van der Waals surface area contributed by atoms with Crippen LogP contribution >= 0.6 is 11.3 Å². The zero-order valence-corrected chi connectivity index (χ0v) is 11.7. The van der Waals surface area contributed by atoms with Crippen LogP contribution in [0.25, 0.3) is 0 Å². The first-order valence-electron chi connectivity index (χ1n) is 6.63. The number of nitrogens with one attached hydrogen (secondary N) is 1. The third-order valence-electron chi connectivity index (χ3n) is 3.55. The van der Waals surface area contributed by atoms with E-state index in [-0.39, 0.29) is 0 Å². The first kappa shape index (κ1) is 13.0. The van der Waals surface area contributed by atoms with Crippen molar-refractivity contribution < 1.29 is 0 Å². The molecule has 0 spiro atoms. The Morgan fingerprint density at radius 3 is 3.12 bits per heavy atom. The Labute approximate surface area is 108 Å². The van der Waals surface area contributed by atoms with Crippen LogP contribution in [0.5, 0.6) is 0 Å². The molecule has 1 aliphatic rings. The fourth-order valence-corrected chi connectivity index (χ4v) is 3.24. The normalized spacial score (nSPS) is 24.5. The number of rotatable bonds is 4. The van der Waals surface area contributed by atoms with Gasteiger partial charge in [0.25, 0.3) is 0 Å². The lowest BCUT2D eigenvalue weighted by Gasteiger charge is -2.22. The summed E-state index contributed by atoms with van der Waals surface area (Å²) in [6, 6.07) is 1.11. The number of likely N-dealkylation sites (tertiary alicyclic amines) is 1. The van der Waals surface area contributed by atoms with Gasteiger partial charge in [-0.05, 0) is 45.8 Å². The Kier molecular flexibility index (Phi) is 4.95. The molecule has 2 rings (SSSR count). The third-order valence-corrected chi connectivity index (χ3v) is 4.44. The molecule has 2 heterocycles. The van der Waals surface area contributed by atoms with Gasteiger partial charge in [-0.25, -0.2) is 4.98 Å². The van der Waals surface area contributed by atoms with Crippen molar-refractivity contribution in [2.75, 3.05) is 20.1 Å². The summed E-state index contributed by atoms with van der Waals surface area (Å²) in [6.45, 7) is 4.69. The molecule has 0 bridgehead atoms. The molecule has 0 aromatic carbocycles. The smallest absolute Gasteiger partial charge is 0.109 e. The monoisotopic (exact) mass is 253 g/mol. The number of thiazole rings is 1. The van der Waals surface area contributed by atoms with E-state index < -0.39 is 0 Å². The van der Waals surface area contributed by atoms with E-state index in [0.29, 0.717) is 12.1 Å². The van der Waals surface area contributed by atoms with Crippen LogP contribution in [0.15, 0.2) is 11.6 Å². The molecule has 1 aromatic rings. The molecular formula is C13H23N3S. The fraction of sp³-hybridized carbons (Fsp3) is 0.769. The Bertz CT molecular complexity index is 312. The van der Waals surface area contributed by atoms with Crippen molar-refractivity contribution in [2.24, 2.45) is 0 Å². The molecule has 3 nitrogen and oxygen atoms in total. The van der Waals surface area contributed by atoms with Crippen molar-refractivity contribution in [1.29, 1.82) is 0 Å². The molecule has 1 aromatic heterocycles. The second-order valence-electron chi connectivity index (χ2n) is 4.93. The minimum atomic E-state index is 0.448. The van der Waals surface area contributed by atoms with E-state index in [2.05, 4.69) is 34.6 Å². The molecule has 17 heavy (non-hydrogen) atoms. The van der Waals surface area contributed by atoms with Gasteiger partial charge in [0.15, 0.2) is 0 Å². The zero-order chi connectivity index (χ0) is 12.1. The van der Waals surface area contributed by atoms with Gasteiger partial charge in [-0.2, -0.15) is 0 Å². The van der Waals surface area contributed by atoms with Crippen LogP contribution in [0.2, 0.25) is 0 Å². The van der Waals surface area contributed by atoms with Crippen molar-refractivity contribution in [2.45, 2.75) is 44.7 Å². The topological polar surface area (TPSA) is 28.2 Å². The lowest BCUT2D eigenvalue weighted by Crippen LogP contribution is -2.33. The number of hydrogen-bond donors (Lipinski definition) is 1. The van der Waals surface area contributed by atoms with Gasteiger partial charge in [-0.3, -0.25) is 0 Å². The zero-order valence-electron chi connectivity index (χ0n) is 10.9. The average molecular weight is 253 g/mol. The van der Waals surface area contributed by atoms with Crippen molar-refractivity contribution >= 4 is 11.3 Å². The Balaban J connectivity index is 1.90. The molecule has 1 saturated heterocycles. The van der Waals surface area contributed by atoms with Crippen LogP contribution in [0.4, 0.5) is 0 Å². The van der Waals surface area contributed by atoms with Crippen molar-refractivity contribution in [3.8, 4) is 0 Å². The first-order chi connectivity index (χ1) is 8.29. The highest BCUT2D eigenvalue weighted by molar-refractivity contribution is 7.09. The lowest BCUT2D eigenvalue weighted by atomic mass is 10.1. The van der Waals surface area contributed by atoms with E-state index in [4.69, 9.17) is 0 Å². The van der Waals surface area contributed by atoms with Gasteiger partial charge in [0.1, 0.15) is 5.01 Å². The van der Waals surface area contributed by atoms with Gasteiger partial charge in [-0.1, -0.05) is 6.92 Å². The molecule has 0 aliphatic carbocycles. The maximum Gasteiger partial charge on any atom is 0.109 e. The fourth-order valence-electron chi connectivity index (χ4n) is 2.46. The molecule has 0 radical (unpaired) electrons. The molecule has 0 amide bonds. The molecule has 1 N–H and O–H groups in total. The summed E-state index contributed by atoms with van der Waals surface area (Å²) in [5.41, 5.74) is 0. The van der Waals surface area contributed by atoms with Crippen molar-refractivity contribution in [3.05, 3.63) is 16.6 Å². The largest absolute Gasteiger partial charge is 0.306 e. The van der Waals surface area contributed by atoms with Crippen molar-refractivity contribution in [3.63, 3.8) is 0 Å². The van der Waals surface area contributed by atoms with E-state index in [1.54, 1.807) is 11.3 Å². The van der Waals surface area contributed by atoms with E-state index in [0.717, 1.165) is 6.42 Å². The van der Waals surface area contributed by atoms with E-state index in [9.17, 15) is 0 Å². The summed E-state index contributed by atoms with van der Waals surface area (Å²) < 4.78 is 0. The highest BCUT2D eigenvalue weighted by Gasteiger charge is 2.19. The quantitative estimate of drug-likeness (QED) is 0.894. The van der Waals surface area contributed by atoms with Gasteiger partial charge in [0.05, 0.1) is 6.04 Å². The second-order valence-corrected chi connectivity index (χ2v) is 5.86. The van der Waals surface area contributed by atoms with Crippen LogP contribution in [-0.2, 0) is 0 Å². The Morgan fingerprint density at radius 2 is 2.41 bits per heavy atom. The number of aromatic nitrogens is 1. The van der Waals surface area contributed by atoms with Gasteiger partial charge in [0, 0.05) is 17.6 Å². The second kappa shape index (κ2) is 6.47. The van der Waals surface area contributed by atoms with Crippen LogP contribution < -0.4 is 5.32 Å². The van der Waals surface area contributed by atoms with Crippen LogP contribution in [0.1, 0.15) is 43.7 Å².